The molecule has 3 aliphatic carbocycles. The molecule has 4 nitrogen and oxygen atoms in total. The topological polar surface area (TPSA) is 52.9 Å². The van der Waals surface area contributed by atoms with Crippen molar-refractivity contribution < 1.29 is 14.9 Å². The van der Waals surface area contributed by atoms with E-state index in [1.54, 1.807) is 5.57 Å². The van der Waals surface area contributed by atoms with E-state index in [1.807, 2.05) is 0 Å². The molecule has 4 heteroatoms. The number of hydrogen-bond donors (Lipinski definition) is 2. The molecule has 33 heavy (non-hydrogen) atoms. The Morgan fingerprint density at radius 2 is 1.79 bits per heavy atom. The van der Waals surface area contributed by atoms with E-state index in [-0.39, 0.29) is 0 Å². The average molecular weight is 458 g/mol. The second-order valence-electron chi connectivity index (χ2n) is 12.0. The van der Waals surface area contributed by atoms with Crippen molar-refractivity contribution in [1.82, 2.24) is 4.90 Å². The first-order valence-corrected chi connectivity index (χ1v) is 13.5. The fourth-order valence-electron chi connectivity index (χ4n) is 7.69. The van der Waals surface area contributed by atoms with E-state index in [0.29, 0.717) is 42.0 Å². The van der Waals surface area contributed by atoms with Gasteiger partial charge in [0.05, 0.1) is 24.4 Å². The number of allylic oxidation sites excluding steroid dienone is 3. The largest absolute Gasteiger partial charge is 0.388 e. The summed E-state index contributed by atoms with van der Waals surface area (Å²) in [6.45, 7) is 16.6. The van der Waals surface area contributed by atoms with Gasteiger partial charge < -0.3 is 14.9 Å². The number of ether oxygens (including phenoxy) is 1. The number of hydrogen-bond acceptors (Lipinski definition) is 4. The fraction of sp³-hybridized carbons (Fsp3) is 0.793. The summed E-state index contributed by atoms with van der Waals surface area (Å²) in [6, 6.07) is 0. The molecule has 0 aromatic rings. The zero-order chi connectivity index (χ0) is 23.8. The highest BCUT2D eigenvalue weighted by atomic mass is 16.5. The van der Waals surface area contributed by atoms with Gasteiger partial charge in [-0.2, -0.15) is 0 Å². The number of aliphatic hydroxyl groups is 2. The Balaban J connectivity index is 1.39. The lowest BCUT2D eigenvalue weighted by molar-refractivity contribution is -0.0698. The van der Waals surface area contributed by atoms with Crippen LogP contribution < -0.4 is 0 Å². The van der Waals surface area contributed by atoms with Gasteiger partial charge in [-0.05, 0) is 101 Å². The maximum Gasteiger partial charge on any atom is 0.0809 e. The molecule has 3 saturated carbocycles. The minimum atomic E-state index is -0.607. The van der Waals surface area contributed by atoms with E-state index >= 15 is 0 Å². The Labute approximate surface area is 201 Å². The zero-order valence-electron chi connectivity index (χ0n) is 21.4. The summed E-state index contributed by atoms with van der Waals surface area (Å²) in [5.41, 5.74) is 3.74. The number of fused-ring (bicyclic) bond motifs is 1. The number of morpholine rings is 1. The van der Waals surface area contributed by atoms with E-state index in [2.05, 4.69) is 51.3 Å². The van der Waals surface area contributed by atoms with Crippen LogP contribution >= 0.6 is 0 Å². The molecule has 0 aromatic carbocycles. The molecule has 4 fully saturated rings. The first kappa shape index (κ1) is 25.2. The third-order valence-electron chi connectivity index (χ3n) is 9.42. The molecule has 0 radical (unpaired) electrons. The van der Waals surface area contributed by atoms with Crippen molar-refractivity contribution >= 4 is 0 Å². The van der Waals surface area contributed by atoms with Gasteiger partial charge in [-0.25, -0.2) is 0 Å². The molecule has 8 atom stereocenters. The van der Waals surface area contributed by atoms with E-state index < -0.39 is 12.2 Å². The summed E-state index contributed by atoms with van der Waals surface area (Å²) in [5, 5.41) is 20.4. The molecular formula is C29H47NO3. The van der Waals surface area contributed by atoms with Crippen LogP contribution in [0.15, 0.2) is 35.5 Å². The van der Waals surface area contributed by atoms with Gasteiger partial charge in [0.1, 0.15) is 0 Å². The van der Waals surface area contributed by atoms with Gasteiger partial charge >= 0.3 is 0 Å². The highest BCUT2D eigenvalue weighted by Crippen LogP contribution is 2.59. The standard InChI is InChI=1S/C29H47NO3/c1-19(12-14-30-17-20(2)33-21(3)18-30)25-10-11-26-24(7-6-13-29(25,26)5)9-8-23-15-27(31)22(4)28(32)16-23/h8-9,19-21,25-28,31-32H,4,6-7,10-18H2,1-3,5H3/b24-9+/t19-,20-,21+,25-,26+,27-,28-,29-/m1/s1. The molecule has 186 valence electrons. The number of aliphatic hydroxyl groups excluding tert-OH is 2. The van der Waals surface area contributed by atoms with Crippen LogP contribution in [0.5, 0.6) is 0 Å². The Morgan fingerprint density at radius 3 is 2.45 bits per heavy atom. The van der Waals surface area contributed by atoms with Gasteiger partial charge in [0.15, 0.2) is 0 Å². The second kappa shape index (κ2) is 10.4. The Hall–Kier alpha value is -0.940. The summed E-state index contributed by atoms with van der Waals surface area (Å²) in [4.78, 5) is 2.62. The summed E-state index contributed by atoms with van der Waals surface area (Å²) in [5.74, 6) is 2.24. The molecule has 4 aliphatic rings. The summed E-state index contributed by atoms with van der Waals surface area (Å²) in [7, 11) is 0. The SMILES string of the molecule is C=C1[C@H](O)CC(=C/C=C2\CCC[C@]3(C)[C@@H]([C@H](C)CCN4C[C@@H](C)O[C@@H](C)C4)CC[C@@H]23)C[C@H]1O. The van der Waals surface area contributed by atoms with Crippen LogP contribution in [0.2, 0.25) is 0 Å². The van der Waals surface area contributed by atoms with Crippen molar-refractivity contribution in [3.8, 4) is 0 Å². The van der Waals surface area contributed by atoms with Gasteiger partial charge in [0, 0.05) is 13.1 Å². The third kappa shape index (κ3) is 5.50. The molecule has 1 saturated heterocycles. The predicted octanol–water partition coefficient (Wildman–Crippen LogP) is 5.26. The van der Waals surface area contributed by atoms with Crippen LogP contribution in [0.1, 0.15) is 79.1 Å². The van der Waals surface area contributed by atoms with Crippen LogP contribution in [0, 0.1) is 23.2 Å². The summed E-state index contributed by atoms with van der Waals surface area (Å²) >= 11 is 0. The first-order chi connectivity index (χ1) is 15.7. The Kier molecular flexibility index (Phi) is 7.90. The normalized spacial score (nSPS) is 42.4. The molecule has 2 N–H and O–H groups in total. The molecule has 0 unspecified atom stereocenters. The Bertz CT molecular complexity index is 747. The molecule has 1 aliphatic heterocycles. The van der Waals surface area contributed by atoms with Crippen LogP contribution in [-0.4, -0.2) is 59.2 Å². The first-order valence-electron chi connectivity index (χ1n) is 13.5. The van der Waals surface area contributed by atoms with Crippen molar-refractivity contribution in [3.05, 3.63) is 35.5 Å². The van der Waals surface area contributed by atoms with Crippen LogP contribution in [0.3, 0.4) is 0 Å². The molecule has 0 amide bonds. The van der Waals surface area contributed by atoms with E-state index in [1.165, 1.54) is 45.1 Å². The molecule has 0 bridgehead atoms. The van der Waals surface area contributed by atoms with E-state index in [9.17, 15) is 10.2 Å². The Morgan fingerprint density at radius 1 is 1.12 bits per heavy atom. The maximum absolute atomic E-state index is 10.2. The second-order valence-corrected chi connectivity index (χ2v) is 12.0. The van der Waals surface area contributed by atoms with Crippen molar-refractivity contribution in [1.29, 1.82) is 0 Å². The van der Waals surface area contributed by atoms with Crippen molar-refractivity contribution in [2.75, 3.05) is 19.6 Å². The molecule has 0 spiro atoms. The van der Waals surface area contributed by atoms with Crippen LogP contribution in [-0.2, 0) is 4.74 Å². The van der Waals surface area contributed by atoms with Gasteiger partial charge in [0.2, 0.25) is 0 Å². The van der Waals surface area contributed by atoms with Crippen LogP contribution in [0.4, 0.5) is 0 Å². The van der Waals surface area contributed by atoms with Gasteiger partial charge in [-0.15, -0.1) is 0 Å². The lowest BCUT2D eigenvalue weighted by atomic mass is 9.61. The number of rotatable bonds is 5. The fourth-order valence-corrected chi connectivity index (χ4v) is 7.69. The van der Waals surface area contributed by atoms with Crippen molar-refractivity contribution in [3.63, 3.8) is 0 Å². The molecule has 4 rings (SSSR count). The lowest BCUT2D eigenvalue weighted by Crippen LogP contribution is -2.46. The van der Waals surface area contributed by atoms with E-state index in [0.717, 1.165) is 30.5 Å². The average Bonchev–Trinajstić information content (AvgIpc) is 3.11. The van der Waals surface area contributed by atoms with Gasteiger partial charge in [-0.1, -0.05) is 43.7 Å². The third-order valence-corrected chi connectivity index (χ3v) is 9.42. The molecule has 0 aromatic heterocycles. The number of nitrogens with zero attached hydrogens (tertiary/aromatic N) is 1. The summed E-state index contributed by atoms with van der Waals surface area (Å²) < 4.78 is 5.92. The maximum atomic E-state index is 10.2. The van der Waals surface area contributed by atoms with Crippen LogP contribution in [0.25, 0.3) is 0 Å². The lowest BCUT2D eigenvalue weighted by Gasteiger charge is -2.45. The van der Waals surface area contributed by atoms with Crippen molar-refractivity contribution in [2.24, 2.45) is 23.2 Å². The highest BCUT2D eigenvalue weighted by molar-refractivity contribution is 5.29. The van der Waals surface area contributed by atoms with E-state index in [4.69, 9.17) is 4.74 Å². The highest BCUT2D eigenvalue weighted by Gasteiger charge is 2.50. The molecule has 1 heterocycles. The quantitative estimate of drug-likeness (QED) is 0.553. The van der Waals surface area contributed by atoms with Gasteiger partial charge in [0.25, 0.3) is 0 Å². The minimum Gasteiger partial charge on any atom is -0.388 e. The summed E-state index contributed by atoms with van der Waals surface area (Å²) in [6.07, 6.45) is 13.1. The predicted molar refractivity (Wildman–Crippen MR) is 135 cm³/mol. The smallest absolute Gasteiger partial charge is 0.0809 e. The molecular weight excluding hydrogens is 410 g/mol. The van der Waals surface area contributed by atoms with Crippen molar-refractivity contribution in [2.45, 2.75) is 103 Å². The van der Waals surface area contributed by atoms with Gasteiger partial charge in [-0.3, -0.25) is 4.90 Å². The zero-order valence-corrected chi connectivity index (χ0v) is 21.4. The monoisotopic (exact) mass is 457 g/mol. The minimum absolute atomic E-state index is 0.349.